The van der Waals surface area contributed by atoms with Gasteiger partial charge >= 0.3 is 0 Å². The fourth-order valence-corrected chi connectivity index (χ4v) is 2.88. The summed E-state index contributed by atoms with van der Waals surface area (Å²) in [5.41, 5.74) is 1.30. The number of nitrogens with zero attached hydrogens (tertiary/aromatic N) is 1. The number of benzene rings is 1. The summed E-state index contributed by atoms with van der Waals surface area (Å²) < 4.78 is 0. The van der Waals surface area contributed by atoms with Gasteiger partial charge in [-0.2, -0.15) is 0 Å². The molecule has 1 aliphatic rings. The lowest BCUT2D eigenvalue weighted by Crippen LogP contribution is -2.30. The van der Waals surface area contributed by atoms with Crippen molar-refractivity contribution < 1.29 is 4.79 Å². The van der Waals surface area contributed by atoms with Crippen molar-refractivity contribution in [3.8, 4) is 0 Å². The molecule has 2 atom stereocenters. The number of likely N-dealkylation sites (N-methyl/N-ethyl adjacent to an activating group) is 1. The standard InChI is InChI=1S/C17H26N2O/c1-14(16-6-4-3-5-7-16)13-19(2)17(20)9-8-15-10-11-18-12-15/h3-7,14-15,18H,8-13H2,1-2H3. The molecule has 1 aromatic rings. The molecule has 1 fully saturated rings. The first-order valence-corrected chi connectivity index (χ1v) is 7.66. The van der Waals surface area contributed by atoms with E-state index in [9.17, 15) is 4.79 Å². The molecule has 1 saturated heterocycles. The van der Waals surface area contributed by atoms with Gasteiger partial charge in [-0.05, 0) is 43.3 Å². The number of amides is 1. The predicted molar refractivity (Wildman–Crippen MR) is 82.7 cm³/mol. The second-order valence-electron chi connectivity index (χ2n) is 5.98. The molecular formula is C17H26N2O. The number of nitrogens with one attached hydrogen (secondary N) is 1. The van der Waals surface area contributed by atoms with Crippen molar-refractivity contribution in [2.75, 3.05) is 26.7 Å². The first-order valence-electron chi connectivity index (χ1n) is 7.66. The van der Waals surface area contributed by atoms with Gasteiger partial charge in [0.25, 0.3) is 0 Å². The summed E-state index contributed by atoms with van der Waals surface area (Å²) in [7, 11) is 1.93. The van der Waals surface area contributed by atoms with E-state index in [1.807, 2.05) is 18.0 Å². The minimum absolute atomic E-state index is 0.277. The minimum atomic E-state index is 0.277. The Hall–Kier alpha value is -1.35. The second-order valence-corrected chi connectivity index (χ2v) is 5.98. The van der Waals surface area contributed by atoms with Crippen molar-refractivity contribution in [3.63, 3.8) is 0 Å². The van der Waals surface area contributed by atoms with Crippen LogP contribution in [0.15, 0.2) is 30.3 Å². The third-order valence-electron chi connectivity index (χ3n) is 4.27. The van der Waals surface area contributed by atoms with E-state index >= 15 is 0 Å². The van der Waals surface area contributed by atoms with E-state index < -0.39 is 0 Å². The lowest BCUT2D eigenvalue weighted by molar-refractivity contribution is -0.130. The van der Waals surface area contributed by atoms with E-state index in [1.54, 1.807) is 0 Å². The fourth-order valence-electron chi connectivity index (χ4n) is 2.88. The summed E-state index contributed by atoms with van der Waals surface area (Å²) in [6.07, 6.45) is 2.93. The third kappa shape index (κ3) is 4.34. The van der Waals surface area contributed by atoms with Crippen molar-refractivity contribution in [3.05, 3.63) is 35.9 Å². The molecule has 1 N–H and O–H groups in total. The average molecular weight is 274 g/mol. The Morgan fingerprint density at radius 3 is 2.80 bits per heavy atom. The summed E-state index contributed by atoms with van der Waals surface area (Å²) in [6.45, 7) is 5.17. The number of carbonyl (C=O) groups excluding carboxylic acids is 1. The maximum atomic E-state index is 12.2. The largest absolute Gasteiger partial charge is 0.345 e. The monoisotopic (exact) mass is 274 g/mol. The minimum Gasteiger partial charge on any atom is -0.345 e. The second kappa shape index (κ2) is 7.44. The molecule has 1 heterocycles. The molecular weight excluding hydrogens is 248 g/mol. The van der Waals surface area contributed by atoms with Crippen LogP contribution in [0, 0.1) is 5.92 Å². The molecule has 0 spiro atoms. The highest BCUT2D eigenvalue weighted by molar-refractivity contribution is 5.75. The number of hydrogen-bond acceptors (Lipinski definition) is 2. The lowest BCUT2D eigenvalue weighted by atomic mass is 10.00. The molecule has 20 heavy (non-hydrogen) atoms. The maximum Gasteiger partial charge on any atom is 0.222 e. The summed E-state index contributed by atoms with van der Waals surface area (Å²) in [4.78, 5) is 14.1. The van der Waals surface area contributed by atoms with Gasteiger partial charge in [-0.25, -0.2) is 0 Å². The van der Waals surface area contributed by atoms with Crippen LogP contribution in [-0.2, 0) is 4.79 Å². The van der Waals surface area contributed by atoms with Crippen LogP contribution in [0.3, 0.4) is 0 Å². The topological polar surface area (TPSA) is 32.3 Å². The molecule has 1 aromatic carbocycles. The van der Waals surface area contributed by atoms with E-state index in [-0.39, 0.29) is 5.91 Å². The van der Waals surface area contributed by atoms with E-state index in [2.05, 4.69) is 36.5 Å². The van der Waals surface area contributed by atoms with Crippen molar-refractivity contribution in [2.24, 2.45) is 5.92 Å². The highest BCUT2D eigenvalue weighted by atomic mass is 16.2. The molecule has 2 unspecified atom stereocenters. The molecule has 0 aromatic heterocycles. The molecule has 3 heteroatoms. The van der Waals surface area contributed by atoms with Gasteiger partial charge in [-0.15, -0.1) is 0 Å². The highest BCUT2D eigenvalue weighted by Gasteiger charge is 2.18. The Bertz CT molecular complexity index is 412. The van der Waals surface area contributed by atoms with Gasteiger partial charge in [0.2, 0.25) is 5.91 Å². The lowest BCUT2D eigenvalue weighted by Gasteiger charge is -2.22. The number of carbonyl (C=O) groups is 1. The van der Waals surface area contributed by atoms with Gasteiger partial charge < -0.3 is 10.2 Å². The summed E-state index contributed by atoms with van der Waals surface area (Å²) in [5, 5.41) is 3.35. The molecule has 0 saturated carbocycles. The maximum absolute atomic E-state index is 12.2. The Labute approximate surface area is 122 Å². The highest BCUT2D eigenvalue weighted by Crippen LogP contribution is 2.18. The van der Waals surface area contributed by atoms with Crippen LogP contribution in [0.2, 0.25) is 0 Å². The SMILES string of the molecule is CC(CN(C)C(=O)CCC1CCNC1)c1ccccc1. The van der Waals surface area contributed by atoms with Crippen LogP contribution in [-0.4, -0.2) is 37.5 Å². The molecule has 2 rings (SSSR count). The normalized spacial score (nSPS) is 19.8. The molecule has 3 nitrogen and oxygen atoms in total. The average Bonchev–Trinajstić information content (AvgIpc) is 2.98. The Morgan fingerprint density at radius 2 is 2.15 bits per heavy atom. The predicted octanol–water partition coefficient (Wildman–Crippen LogP) is 2.64. The van der Waals surface area contributed by atoms with E-state index in [1.165, 1.54) is 12.0 Å². The van der Waals surface area contributed by atoms with Crippen LogP contribution in [0.5, 0.6) is 0 Å². The van der Waals surface area contributed by atoms with Gasteiger partial charge in [-0.1, -0.05) is 37.3 Å². The van der Waals surface area contributed by atoms with Crippen LogP contribution in [0.4, 0.5) is 0 Å². The first kappa shape index (κ1) is 15.0. The van der Waals surface area contributed by atoms with Crippen LogP contribution in [0.25, 0.3) is 0 Å². The van der Waals surface area contributed by atoms with Crippen LogP contribution < -0.4 is 5.32 Å². The molecule has 0 bridgehead atoms. The summed E-state index contributed by atoms with van der Waals surface area (Å²) >= 11 is 0. The molecule has 1 amide bonds. The Morgan fingerprint density at radius 1 is 1.40 bits per heavy atom. The zero-order valence-electron chi connectivity index (χ0n) is 12.6. The molecule has 110 valence electrons. The zero-order chi connectivity index (χ0) is 14.4. The van der Waals surface area contributed by atoms with Gasteiger partial charge in [0, 0.05) is 20.0 Å². The van der Waals surface area contributed by atoms with Gasteiger partial charge in [0.05, 0.1) is 0 Å². The molecule has 0 aliphatic carbocycles. The Kier molecular flexibility index (Phi) is 5.60. The van der Waals surface area contributed by atoms with Crippen molar-refractivity contribution in [1.82, 2.24) is 10.2 Å². The van der Waals surface area contributed by atoms with E-state index in [4.69, 9.17) is 0 Å². The first-order chi connectivity index (χ1) is 9.66. The van der Waals surface area contributed by atoms with Crippen molar-refractivity contribution in [1.29, 1.82) is 0 Å². The quantitative estimate of drug-likeness (QED) is 0.865. The Balaban J connectivity index is 1.75. The van der Waals surface area contributed by atoms with E-state index in [0.29, 0.717) is 18.3 Å². The van der Waals surface area contributed by atoms with Crippen LogP contribution in [0.1, 0.15) is 37.7 Å². The smallest absolute Gasteiger partial charge is 0.222 e. The number of rotatable bonds is 6. The van der Waals surface area contributed by atoms with Crippen molar-refractivity contribution >= 4 is 5.91 Å². The van der Waals surface area contributed by atoms with Gasteiger partial charge in [0.1, 0.15) is 0 Å². The molecule has 0 radical (unpaired) electrons. The zero-order valence-corrected chi connectivity index (χ0v) is 12.6. The third-order valence-corrected chi connectivity index (χ3v) is 4.27. The van der Waals surface area contributed by atoms with E-state index in [0.717, 1.165) is 26.1 Å². The van der Waals surface area contributed by atoms with Crippen LogP contribution >= 0.6 is 0 Å². The van der Waals surface area contributed by atoms with Gasteiger partial charge in [-0.3, -0.25) is 4.79 Å². The summed E-state index contributed by atoms with van der Waals surface area (Å²) in [6, 6.07) is 10.4. The number of hydrogen-bond donors (Lipinski definition) is 1. The molecule has 1 aliphatic heterocycles. The van der Waals surface area contributed by atoms with Gasteiger partial charge in [0.15, 0.2) is 0 Å². The fraction of sp³-hybridized carbons (Fsp3) is 0.588. The van der Waals surface area contributed by atoms with Crippen molar-refractivity contribution in [2.45, 2.75) is 32.1 Å². The summed E-state index contributed by atoms with van der Waals surface area (Å²) in [5.74, 6) is 1.36.